The van der Waals surface area contributed by atoms with E-state index in [1.54, 1.807) is 18.2 Å². The quantitative estimate of drug-likeness (QED) is 0.287. The molecule has 0 bridgehead atoms. The first-order valence-electron chi connectivity index (χ1n) is 10.6. The second-order valence-electron chi connectivity index (χ2n) is 8.27. The lowest BCUT2D eigenvalue weighted by atomic mass is 9.76. The second kappa shape index (κ2) is 9.18. The predicted octanol–water partition coefficient (Wildman–Crippen LogP) is 5.67. The molecule has 2 N–H and O–H groups in total. The Morgan fingerprint density at radius 2 is 1.88 bits per heavy atom. The number of nitrogens with one attached hydrogen (secondary N) is 1. The number of rotatable bonds is 7. The molecule has 33 heavy (non-hydrogen) atoms. The van der Waals surface area contributed by atoms with Gasteiger partial charge < -0.3 is 10.4 Å². The molecule has 0 saturated heterocycles. The molecule has 4 rings (SSSR count). The van der Waals surface area contributed by atoms with Gasteiger partial charge in [-0.05, 0) is 30.9 Å². The van der Waals surface area contributed by atoms with Crippen molar-refractivity contribution in [2.24, 2.45) is 5.92 Å². The molecule has 174 valence electrons. The number of hydrogen-bond donors (Lipinski definition) is 2. The fourth-order valence-electron chi connectivity index (χ4n) is 5.11. The number of benzene rings is 2. The minimum atomic E-state index is -1.17. The number of nitro benzene ring substituents is 2. The molecule has 1 saturated carbocycles. The lowest BCUT2D eigenvalue weighted by Crippen LogP contribution is -2.38. The molecule has 0 aromatic heterocycles. The molecule has 0 unspecified atom stereocenters. The zero-order chi connectivity index (χ0) is 23.9. The molecule has 2 aliphatic rings. The number of thioether (sulfide) groups is 1. The second-order valence-corrected chi connectivity index (χ2v) is 10.1. The molecule has 1 fully saturated rings. The number of nitrogens with zero attached hydrogens (tertiary/aromatic N) is 2. The highest BCUT2D eigenvalue weighted by molar-refractivity contribution is 8.00. The maximum atomic E-state index is 11.9. The summed E-state index contributed by atoms with van der Waals surface area (Å²) in [5.41, 5.74) is 0.397. The molecule has 5 atom stereocenters. The number of carboxylic acid groups (broad SMARTS) is 1. The van der Waals surface area contributed by atoms with E-state index >= 15 is 0 Å². The lowest BCUT2D eigenvalue weighted by molar-refractivity contribution is -0.387. The topological polar surface area (TPSA) is 136 Å². The van der Waals surface area contributed by atoms with Gasteiger partial charge in [-0.3, -0.25) is 20.2 Å². The van der Waals surface area contributed by atoms with Gasteiger partial charge in [-0.2, -0.15) is 0 Å². The van der Waals surface area contributed by atoms with Crippen molar-refractivity contribution in [3.05, 3.63) is 67.8 Å². The van der Waals surface area contributed by atoms with Crippen molar-refractivity contribution in [2.45, 2.75) is 53.7 Å². The van der Waals surface area contributed by atoms with E-state index in [2.05, 4.69) is 5.32 Å². The van der Waals surface area contributed by atoms with Crippen LogP contribution in [0.5, 0.6) is 0 Å². The molecule has 1 aliphatic heterocycles. The number of para-hydroxylation sites is 1. The van der Waals surface area contributed by atoms with Crippen LogP contribution >= 0.6 is 23.4 Å². The number of aromatic carboxylic acids is 1. The number of halogens is 1. The number of fused-ring (bicyclic) bond motifs is 3. The first-order chi connectivity index (χ1) is 15.7. The number of hydrogen-bond acceptors (Lipinski definition) is 7. The molecule has 9 nitrogen and oxygen atoms in total. The average Bonchev–Trinajstić information content (AvgIpc) is 3.09. The van der Waals surface area contributed by atoms with Crippen molar-refractivity contribution in [1.29, 1.82) is 0 Å². The molecule has 1 aliphatic carbocycles. The molecule has 2 aromatic carbocycles. The van der Waals surface area contributed by atoms with Gasteiger partial charge in [-0.15, -0.1) is 23.4 Å². The summed E-state index contributed by atoms with van der Waals surface area (Å²) in [5.74, 6) is -1.68. The fraction of sp³-hybridized carbons (Fsp3) is 0.409. The fourth-order valence-corrected chi connectivity index (χ4v) is 7.05. The minimum absolute atomic E-state index is 0.0102. The van der Waals surface area contributed by atoms with Crippen LogP contribution in [0.4, 0.5) is 17.1 Å². The summed E-state index contributed by atoms with van der Waals surface area (Å²) in [6, 6.07) is 8.82. The zero-order valence-corrected chi connectivity index (χ0v) is 19.2. The van der Waals surface area contributed by atoms with Gasteiger partial charge >= 0.3 is 5.97 Å². The average molecular weight is 492 g/mol. The molecule has 0 spiro atoms. The van der Waals surface area contributed by atoms with E-state index in [1.807, 2.05) is 6.92 Å². The maximum absolute atomic E-state index is 11.9. The number of anilines is 1. The van der Waals surface area contributed by atoms with Crippen LogP contribution in [-0.2, 0) is 0 Å². The van der Waals surface area contributed by atoms with E-state index in [-0.39, 0.29) is 39.8 Å². The van der Waals surface area contributed by atoms with Crippen molar-refractivity contribution in [2.75, 3.05) is 5.32 Å². The standard InChI is InChI=1S/C22H22ClN3O6S/c1-2-5-13-12-10-17(33-16-7-4-3-6-14(16)25(29)30)20(23)18(12)19-15(26(31)32)9-8-11(22(27)28)21(19)24-13/h3-4,6-9,12-13,17-18,20,24H,2,5,10H2,1H3,(H,27,28)/t12-,13-,17-,18+,20-/m0/s1. The van der Waals surface area contributed by atoms with E-state index in [1.165, 1.54) is 30.0 Å². The van der Waals surface area contributed by atoms with E-state index < -0.39 is 27.1 Å². The van der Waals surface area contributed by atoms with E-state index in [9.17, 15) is 30.1 Å². The summed E-state index contributed by atoms with van der Waals surface area (Å²) in [6.45, 7) is 2.02. The largest absolute Gasteiger partial charge is 0.478 e. The van der Waals surface area contributed by atoms with Crippen LogP contribution in [0.1, 0.15) is 48.0 Å². The van der Waals surface area contributed by atoms with Crippen molar-refractivity contribution in [3.63, 3.8) is 0 Å². The maximum Gasteiger partial charge on any atom is 0.337 e. The first kappa shape index (κ1) is 23.3. The van der Waals surface area contributed by atoms with Gasteiger partial charge in [-0.1, -0.05) is 25.5 Å². The monoisotopic (exact) mass is 491 g/mol. The highest BCUT2D eigenvalue weighted by atomic mass is 35.5. The Morgan fingerprint density at radius 1 is 1.18 bits per heavy atom. The summed E-state index contributed by atoms with van der Waals surface area (Å²) in [5, 5.41) is 35.5. The van der Waals surface area contributed by atoms with Gasteiger partial charge in [0.25, 0.3) is 11.4 Å². The van der Waals surface area contributed by atoms with Crippen molar-refractivity contribution < 1.29 is 19.7 Å². The molecule has 11 heteroatoms. The molecular weight excluding hydrogens is 470 g/mol. The van der Waals surface area contributed by atoms with Crippen LogP contribution in [0.25, 0.3) is 0 Å². The number of alkyl halides is 1. The van der Waals surface area contributed by atoms with Gasteiger partial charge in [0, 0.05) is 29.3 Å². The van der Waals surface area contributed by atoms with Gasteiger partial charge in [-0.25, -0.2) is 4.79 Å². The molecule has 2 aromatic rings. The van der Waals surface area contributed by atoms with Gasteiger partial charge in [0.2, 0.25) is 0 Å². The Kier molecular flexibility index (Phi) is 6.49. The third-order valence-corrected chi connectivity index (χ3v) is 8.55. The van der Waals surface area contributed by atoms with Crippen LogP contribution in [-0.4, -0.2) is 37.6 Å². The number of carbonyl (C=O) groups is 1. The van der Waals surface area contributed by atoms with Crippen molar-refractivity contribution in [3.8, 4) is 0 Å². The summed E-state index contributed by atoms with van der Waals surface area (Å²) in [7, 11) is 0. The smallest absolute Gasteiger partial charge is 0.337 e. The Bertz CT molecular complexity index is 1130. The third kappa shape index (κ3) is 4.13. The zero-order valence-electron chi connectivity index (χ0n) is 17.6. The Balaban J connectivity index is 1.80. The van der Waals surface area contributed by atoms with Crippen molar-refractivity contribution >= 4 is 46.4 Å². The van der Waals surface area contributed by atoms with Crippen LogP contribution in [0.3, 0.4) is 0 Å². The molecule has 0 radical (unpaired) electrons. The third-order valence-electron chi connectivity index (χ3n) is 6.43. The molecule has 1 heterocycles. The van der Waals surface area contributed by atoms with Gasteiger partial charge in [0.05, 0.1) is 36.9 Å². The van der Waals surface area contributed by atoms with Crippen LogP contribution < -0.4 is 5.32 Å². The van der Waals surface area contributed by atoms with Gasteiger partial charge in [0.15, 0.2) is 0 Å². The number of carboxylic acids is 1. The molecule has 0 amide bonds. The first-order valence-corrected chi connectivity index (χ1v) is 11.9. The Morgan fingerprint density at radius 3 is 2.52 bits per heavy atom. The van der Waals surface area contributed by atoms with Gasteiger partial charge in [0.1, 0.15) is 0 Å². The van der Waals surface area contributed by atoms with E-state index in [0.717, 1.165) is 12.8 Å². The van der Waals surface area contributed by atoms with Crippen molar-refractivity contribution in [1.82, 2.24) is 0 Å². The SMILES string of the molecule is CCC[C@@H]1Nc2c(C(=O)O)ccc([N+](=O)[O-])c2[C@@H]2[C@@H](Cl)[C@@H](Sc3ccccc3[N+](=O)[O-])C[C@H]21. The summed E-state index contributed by atoms with van der Waals surface area (Å²) in [6.07, 6.45) is 2.18. The summed E-state index contributed by atoms with van der Waals surface area (Å²) in [4.78, 5) is 34.8. The highest BCUT2D eigenvalue weighted by Crippen LogP contribution is 2.57. The Labute approximate surface area is 198 Å². The van der Waals surface area contributed by atoms with Crippen LogP contribution in [0.15, 0.2) is 41.3 Å². The van der Waals surface area contributed by atoms with Crippen LogP contribution in [0, 0.1) is 26.1 Å². The minimum Gasteiger partial charge on any atom is -0.478 e. The Hall–Kier alpha value is -2.85. The highest BCUT2D eigenvalue weighted by Gasteiger charge is 2.52. The predicted molar refractivity (Wildman–Crippen MR) is 126 cm³/mol. The van der Waals surface area contributed by atoms with E-state index in [4.69, 9.17) is 11.6 Å². The lowest BCUT2D eigenvalue weighted by Gasteiger charge is -2.38. The normalized spacial score (nSPS) is 25.6. The number of nitro groups is 2. The van der Waals surface area contributed by atoms with Crippen LogP contribution in [0.2, 0.25) is 0 Å². The van der Waals surface area contributed by atoms with E-state index in [0.29, 0.717) is 16.9 Å². The summed E-state index contributed by atoms with van der Waals surface area (Å²) >= 11 is 8.26. The summed E-state index contributed by atoms with van der Waals surface area (Å²) < 4.78 is 0. The molecular formula is C22H22ClN3O6S.